The van der Waals surface area contributed by atoms with Crippen LogP contribution < -0.4 is 0 Å². The van der Waals surface area contributed by atoms with Crippen LogP contribution in [0.3, 0.4) is 0 Å². The van der Waals surface area contributed by atoms with E-state index in [-0.39, 0.29) is 0 Å². The molecular formula is C39H32O. The van der Waals surface area contributed by atoms with Gasteiger partial charge in [0.15, 0.2) is 0 Å². The van der Waals surface area contributed by atoms with E-state index in [2.05, 4.69) is 134 Å². The summed E-state index contributed by atoms with van der Waals surface area (Å²) in [4.78, 5) is 0. The third-order valence-corrected chi connectivity index (χ3v) is 7.42. The van der Waals surface area contributed by atoms with Crippen molar-refractivity contribution in [2.75, 3.05) is 0 Å². The van der Waals surface area contributed by atoms with Gasteiger partial charge in [-0.15, -0.1) is 0 Å². The Morgan fingerprint density at radius 1 is 0.375 bits per heavy atom. The van der Waals surface area contributed by atoms with Gasteiger partial charge < -0.3 is 4.42 Å². The molecule has 0 saturated heterocycles. The number of fused-ring (bicyclic) bond motifs is 3. The van der Waals surface area contributed by atoms with E-state index in [4.69, 9.17) is 4.42 Å². The van der Waals surface area contributed by atoms with E-state index >= 15 is 0 Å². The first-order valence-corrected chi connectivity index (χ1v) is 14.0. The number of furan rings is 1. The summed E-state index contributed by atoms with van der Waals surface area (Å²) in [5.74, 6) is 0. The summed E-state index contributed by atoms with van der Waals surface area (Å²) < 4.78 is 6.25. The number of rotatable bonds is 4. The molecule has 0 radical (unpaired) electrons. The lowest BCUT2D eigenvalue weighted by Crippen LogP contribution is -1.83. The van der Waals surface area contributed by atoms with Gasteiger partial charge in [-0.3, -0.25) is 0 Å². The first-order valence-electron chi connectivity index (χ1n) is 14.0. The van der Waals surface area contributed by atoms with Crippen molar-refractivity contribution in [2.24, 2.45) is 0 Å². The Hall–Kier alpha value is -4.88. The molecule has 7 rings (SSSR count). The van der Waals surface area contributed by atoms with Gasteiger partial charge in [0.25, 0.3) is 0 Å². The van der Waals surface area contributed by atoms with Crippen molar-refractivity contribution in [1.29, 1.82) is 0 Å². The molecule has 40 heavy (non-hydrogen) atoms. The Morgan fingerprint density at radius 3 is 1.27 bits per heavy atom. The molecule has 6 aromatic carbocycles. The van der Waals surface area contributed by atoms with Crippen molar-refractivity contribution in [3.05, 3.63) is 145 Å². The minimum atomic E-state index is 0.927. The molecule has 0 amide bonds. The molecule has 1 aromatic heterocycles. The molecule has 7 aromatic rings. The van der Waals surface area contributed by atoms with Crippen LogP contribution in [0.25, 0.3) is 66.4 Å². The highest BCUT2D eigenvalue weighted by molar-refractivity contribution is 6.09. The molecule has 0 aliphatic heterocycles. The SMILES string of the molecule is CC.Cc1ccc(-c2ccc(-c3ccc(-c4ccc(-c5cccc6c5oc5ccccc56)cc4)cc3)cc2)cc1. The number of hydrogen-bond acceptors (Lipinski definition) is 1. The predicted molar refractivity (Wildman–Crippen MR) is 172 cm³/mol. The molecule has 0 aliphatic rings. The fourth-order valence-electron chi connectivity index (χ4n) is 5.27. The first kappa shape index (κ1) is 25.4. The largest absolute Gasteiger partial charge is 0.455 e. The van der Waals surface area contributed by atoms with Gasteiger partial charge in [0.2, 0.25) is 0 Å². The van der Waals surface area contributed by atoms with Crippen LogP contribution in [0.5, 0.6) is 0 Å². The van der Waals surface area contributed by atoms with Crippen LogP contribution in [0.2, 0.25) is 0 Å². The lowest BCUT2D eigenvalue weighted by Gasteiger charge is -2.08. The topological polar surface area (TPSA) is 13.1 Å². The van der Waals surface area contributed by atoms with Crippen molar-refractivity contribution in [3.8, 4) is 44.5 Å². The molecule has 1 heterocycles. The summed E-state index contributed by atoms with van der Waals surface area (Å²) in [6, 6.07) is 49.7. The zero-order chi connectivity index (χ0) is 27.5. The van der Waals surface area contributed by atoms with E-state index in [0.29, 0.717) is 0 Å². The van der Waals surface area contributed by atoms with Gasteiger partial charge in [0.1, 0.15) is 11.2 Å². The van der Waals surface area contributed by atoms with Gasteiger partial charge in [-0.1, -0.05) is 153 Å². The van der Waals surface area contributed by atoms with Crippen LogP contribution in [0, 0.1) is 6.92 Å². The molecular weight excluding hydrogens is 484 g/mol. The summed E-state index contributed by atoms with van der Waals surface area (Å²) in [7, 11) is 0. The van der Waals surface area contributed by atoms with Crippen LogP contribution in [-0.4, -0.2) is 0 Å². The Morgan fingerprint density at radius 2 is 0.775 bits per heavy atom. The van der Waals surface area contributed by atoms with E-state index in [0.717, 1.165) is 33.1 Å². The third kappa shape index (κ3) is 4.83. The molecule has 194 valence electrons. The zero-order valence-corrected chi connectivity index (χ0v) is 23.2. The van der Waals surface area contributed by atoms with Crippen molar-refractivity contribution in [3.63, 3.8) is 0 Å². The number of benzene rings is 6. The lowest BCUT2D eigenvalue weighted by atomic mass is 9.96. The van der Waals surface area contributed by atoms with Gasteiger partial charge >= 0.3 is 0 Å². The molecule has 0 aliphatic carbocycles. The van der Waals surface area contributed by atoms with Crippen LogP contribution in [-0.2, 0) is 0 Å². The van der Waals surface area contributed by atoms with Crippen molar-refractivity contribution in [2.45, 2.75) is 20.8 Å². The third-order valence-electron chi connectivity index (χ3n) is 7.42. The molecule has 0 bridgehead atoms. The molecule has 0 unspecified atom stereocenters. The summed E-state index contributed by atoms with van der Waals surface area (Å²) in [5.41, 5.74) is 12.8. The number of hydrogen-bond donors (Lipinski definition) is 0. The summed E-state index contributed by atoms with van der Waals surface area (Å²) >= 11 is 0. The minimum absolute atomic E-state index is 0.927. The second-order valence-corrected chi connectivity index (χ2v) is 9.88. The van der Waals surface area contributed by atoms with Crippen LogP contribution >= 0.6 is 0 Å². The monoisotopic (exact) mass is 516 g/mol. The second-order valence-electron chi connectivity index (χ2n) is 9.88. The molecule has 0 fully saturated rings. The molecule has 0 N–H and O–H groups in total. The summed E-state index contributed by atoms with van der Waals surface area (Å²) in [6.07, 6.45) is 0. The van der Waals surface area contributed by atoms with E-state index in [1.165, 1.54) is 38.9 Å². The van der Waals surface area contributed by atoms with Gasteiger partial charge in [0.05, 0.1) is 0 Å². The number of para-hydroxylation sites is 2. The lowest BCUT2D eigenvalue weighted by molar-refractivity contribution is 0.670. The van der Waals surface area contributed by atoms with E-state index in [1.54, 1.807) is 0 Å². The average molecular weight is 517 g/mol. The Bertz CT molecular complexity index is 1870. The average Bonchev–Trinajstić information content (AvgIpc) is 3.42. The second kappa shape index (κ2) is 11.1. The van der Waals surface area contributed by atoms with E-state index in [9.17, 15) is 0 Å². The Kier molecular flexibility index (Phi) is 7.04. The quantitative estimate of drug-likeness (QED) is 0.227. The number of aryl methyl sites for hydroxylation is 1. The van der Waals surface area contributed by atoms with Crippen molar-refractivity contribution < 1.29 is 4.42 Å². The Balaban J connectivity index is 0.00000142. The fraction of sp³-hybridized carbons (Fsp3) is 0.0769. The highest BCUT2D eigenvalue weighted by atomic mass is 16.3. The zero-order valence-electron chi connectivity index (χ0n) is 23.2. The smallest absolute Gasteiger partial charge is 0.143 e. The highest BCUT2D eigenvalue weighted by Gasteiger charge is 2.12. The van der Waals surface area contributed by atoms with E-state index < -0.39 is 0 Å². The molecule has 1 heteroatoms. The van der Waals surface area contributed by atoms with Gasteiger partial charge in [-0.25, -0.2) is 0 Å². The maximum Gasteiger partial charge on any atom is 0.143 e. The van der Waals surface area contributed by atoms with Crippen molar-refractivity contribution in [1.82, 2.24) is 0 Å². The van der Waals surface area contributed by atoms with Gasteiger partial charge in [-0.05, 0) is 51.9 Å². The molecule has 0 atom stereocenters. The van der Waals surface area contributed by atoms with Gasteiger partial charge in [-0.2, -0.15) is 0 Å². The van der Waals surface area contributed by atoms with E-state index in [1.807, 2.05) is 26.0 Å². The molecule has 1 nitrogen and oxygen atoms in total. The van der Waals surface area contributed by atoms with Crippen LogP contribution in [0.15, 0.2) is 144 Å². The van der Waals surface area contributed by atoms with Gasteiger partial charge in [0, 0.05) is 16.3 Å². The standard InChI is InChI=1S/C37H26O.C2H6/c1-25-9-11-26(12-10-25)27-13-15-28(16-14-27)29-17-19-30(20-18-29)31-21-23-32(24-22-31)33-6-4-7-35-34-5-2-3-8-36(34)38-37(33)35;1-2/h2-24H,1H3;1-2H3. The summed E-state index contributed by atoms with van der Waals surface area (Å²) in [5, 5.41) is 2.32. The summed E-state index contributed by atoms with van der Waals surface area (Å²) in [6.45, 7) is 6.12. The van der Waals surface area contributed by atoms with Crippen LogP contribution in [0.4, 0.5) is 0 Å². The fourth-order valence-corrected chi connectivity index (χ4v) is 5.27. The van der Waals surface area contributed by atoms with Crippen molar-refractivity contribution >= 4 is 21.9 Å². The first-order chi connectivity index (χ1) is 19.7. The Labute approximate surface area is 236 Å². The normalized spacial score (nSPS) is 10.9. The molecule has 0 spiro atoms. The predicted octanol–water partition coefficient (Wildman–Crippen LogP) is 11.6. The highest BCUT2D eigenvalue weighted by Crippen LogP contribution is 2.36. The maximum atomic E-state index is 6.25. The molecule has 0 saturated carbocycles. The maximum absolute atomic E-state index is 6.25. The minimum Gasteiger partial charge on any atom is -0.455 e. The van der Waals surface area contributed by atoms with Crippen LogP contribution in [0.1, 0.15) is 19.4 Å².